The summed E-state index contributed by atoms with van der Waals surface area (Å²) in [4.78, 5) is 32.6. The summed E-state index contributed by atoms with van der Waals surface area (Å²) < 4.78 is 1.03. The Bertz CT molecular complexity index is 1300. The standard InChI is InChI=1S/C32H37N5O2S/c38-30(34-26-15-9-20-33-23-26)18-10-21-37(32(39)36-31-35-28-16-7-8-17-29(28)40-31)22-19-27(24-11-3-1-4-12-24)25-13-5-2-6-14-25/h1-8,11-14,16-17,26-27,33H,9-10,15,18-23H2,(H,34,38)(H,35,36,39). The Labute approximate surface area is 240 Å². The van der Waals surface area contributed by atoms with E-state index in [-0.39, 0.29) is 23.9 Å². The summed E-state index contributed by atoms with van der Waals surface area (Å²) in [6, 6.07) is 28.8. The molecule has 0 radical (unpaired) electrons. The van der Waals surface area contributed by atoms with Gasteiger partial charge in [0.05, 0.1) is 10.2 Å². The number of hydrogen-bond acceptors (Lipinski definition) is 5. The molecule has 3 N–H and O–H groups in total. The third-order valence-electron chi connectivity index (χ3n) is 7.38. The quantitative estimate of drug-likeness (QED) is 0.212. The molecular weight excluding hydrogens is 518 g/mol. The highest BCUT2D eigenvalue weighted by atomic mass is 32.1. The molecule has 1 aliphatic heterocycles. The monoisotopic (exact) mass is 555 g/mol. The fourth-order valence-corrected chi connectivity index (χ4v) is 6.15. The van der Waals surface area contributed by atoms with Crippen LogP contribution < -0.4 is 16.0 Å². The van der Waals surface area contributed by atoms with Crippen molar-refractivity contribution in [2.45, 2.75) is 44.1 Å². The number of carbonyl (C=O) groups excluding carboxylic acids is 2. The number of nitrogens with one attached hydrogen (secondary N) is 3. The molecule has 4 aromatic rings. The van der Waals surface area contributed by atoms with Gasteiger partial charge in [0.15, 0.2) is 5.13 Å². The Balaban J connectivity index is 1.26. The number of carbonyl (C=O) groups is 2. The van der Waals surface area contributed by atoms with Crippen LogP contribution in [0.1, 0.15) is 49.1 Å². The first-order valence-electron chi connectivity index (χ1n) is 14.2. The summed E-state index contributed by atoms with van der Waals surface area (Å²) in [7, 11) is 0. The number of nitrogens with zero attached hydrogens (tertiary/aromatic N) is 2. The van der Waals surface area contributed by atoms with Crippen LogP contribution in [0.3, 0.4) is 0 Å². The summed E-state index contributed by atoms with van der Waals surface area (Å²) in [5.41, 5.74) is 3.32. The minimum Gasteiger partial charge on any atom is -0.352 e. The minimum atomic E-state index is -0.184. The Kier molecular flexibility index (Phi) is 9.77. The van der Waals surface area contributed by atoms with E-state index in [0.29, 0.717) is 31.1 Å². The maximum absolute atomic E-state index is 13.5. The van der Waals surface area contributed by atoms with Crippen LogP contribution in [-0.2, 0) is 4.79 Å². The van der Waals surface area contributed by atoms with Gasteiger partial charge in [-0.3, -0.25) is 10.1 Å². The number of anilines is 1. The lowest BCUT2D eigenvalue weighted by atomic mass is 9.88. The predicted molar refractivity (Wildman–Crippen MR) is 163 cm³/mol. The molecule has 1 unspecified atom stereocenters. The van der Waals surface area contributed by atoms with Gasteiger partial charge in [0.1, 0.15) is 0 Å². The molecule has 40 heavy (non-hydrogen) atoms. The third-order valence-corrected chi connectivity index (χ3v) is 8.33. The van der Waals surface area contributed by atoms with Crippen molar-refractivity contribution in [1.82, 2.24) is 20.5 Å². The zero-order valence-electron chi connectivity index (χ0n) is 22.7. The number of para-hydroxylation sites is 1. The maximum atomic E-state index is 13.5. The van der Waals surface area contributed by atoms with Gasteiger partial charge in [-0.05, 0) is 55.5 Å². The number of aromatic nitrogens is 1. The minimum absolute atomic E-state index is 0.0479. The number of amides is 3. The highest BCUT2D eigenvalue weighted by Gasteiger charge is 2.21. The fourth-order valence-electron chi connectivity index (χ4n) is 5.30. The van der Waals surface area contributed by atoms with Crippen molar-refractivity contribution >= 4 is 38.6 Å². The van der Waals surface area contributed by atoms with E-state index in [1.165, 1.54) is 22.5 Å². The first kappa shape index (κ1) is 27.8. The summed E-state index contributed by atoms with van der Waals surface area (Å²) in [6.45, 7) is 2.88. The molecule has 7 nitrogen and oxygen atoms in total. The van der Waals surface area contributed by atoms with Gasteiger partial charge in [-0.2, -0.15) is 0 Å². The molecule has 208 valence electrons. The number of hydrogen-bond donors (Lipinski definition) is 3. The van der Waals surface area contributed by atoms with Gasteiger partial charge in [0.2, 0.25) is 5.91 Å². The molecule has 1 atom stereocenters. The van der Waals surface area contributed by atoms with Crippen molar-refractivity contribution in [2.24, 2.45) is 0 Å². The Hall–Kier alpha value is -3.75. The van der Waals surface area contributed by atoms with E-state index in [1.807, 2.05) is 41.3 Å². The number of benzene rings is 3. The fraction of sp³-hybridized carbons (Fsp3) is 0.344. The van der Waals surface area contributed by atoms with Gasteiger partial charge in [-0.1, -0.05) is 84.1 Å². The summed E-state index contributed by atoms with van der Waals surface area (Å²) in [6.07, 6.45) is 3.84. The summed E-state index contributed by atoms with van der Waals surface area (Å²) in [5, 5.41) is 10.1. The molecule has 1 aromatic heterocycles. The molecule has 1 saturated heterocycles. The van der Waals surface area contributed by atoms with Gasteiger partial charge in [0, 0.05) is 38.0 Å². The third kappa shape index (κ3) is 7.67. The molecule has 3 amide bonds. The molecular formula is C32H37N5O2S. The van der Waals surface area contributed by atoms with Crippen molar-refractivity contribution in [3.05, 3.63) is 96.1 Å². The second kappa shape index (κ2) is 14.1. The average molecular weight is 556 g/mol. The molecule has 0 spiro atoms. The van der Waals surface area contributed by atoms with E-state index in [1.54, 1.807) is 0 Å². The maximum Gasteiger partial charge on any atom is 0.323 e. The topological polar surface area (TPSA) is 86.4 Å². The zero-order valence-corrected chi connectivity index (χ0v) is 23.5. The van der Waals surface area contributed by atoms with Crippen molar-refractivity contribution in [3.8, 4) is 0 Å². The van der Waals surface area contributed by atoms with Crippen molar-refractivity contribution in [2.75, 3.05) is 31.5 Å². The van der Waals surface area contributed by atoms with Crippen LogP contribution in [0, 0.1) is 0 Å². The van der Waals surface area contributed by atoms with Gasteiger partial charge >= 0.3 is 6.03 Å². The second-order valence-electron chi connectivity index (χ2n) is 10.3. The normalized spacial score (nSPS) is 15.2. The van der Waals surface area contributed by atoms with E-state index in [0.717, 1.165) is 42.6 Å². The SMILES string of the molecule is O=C(CCCN(CCC(c1ccccc1)c1ccccc1)C(=O)Nc1nc2ccccc2s1)NC1CCCNC1. The molecule has 1 aliphatic rings. The summed E-state index contributed by atoms with van der Waals surface area (Å²) in [5.74, 6) is 0.203. The summed E-state index contributed by atoms with van der Waals surface area (Å²) >= 11 is 1.47. The Morgan fingerprint density at radius 1 is 0.950 bits per heavy atom. The van der Waals surface area contributed by atoms with Crippen LogP contribution in [0.25, 0.3) is 10.2 Å². The first-order chi connectivity index (χ1) is 19.7. The lowest BCUT2D eigenvalue weighted by Crippen LogP contribution is -2.45. The van der Waals surface area contributed by atoms with Gasteiger partial charge in [-0.25, -0.2) is 9.78 Å². The van der Waals surface area contributed by atoms with Crippen molar-refractivity contribution in [3.63, 3.8) is 0 Å². The molecule has 0 saturated carbocycles. The van der Waals surface area contributed by atoms with Gasteiger partial charge in [0.25, 0.3) is 0 Å². The molecule has 8 heteroatoms. The van der Waals surface area contributed by atoms with Gasteiger partial charge < -0.3 is 15.5 Å². The van der Waals surface area contributed by atoms with Crippen molar-refractivity contribution in [1.29, 1.82) is 0 Å². The van der Waals surface area contributed by atoms with E-state index < -0.39 is 0 Å². The first-order valence-corrected chi connectivity index (χ1v) is 15.0. The van der Waals surface area contributed by atoms with E-state index in [9.17, 15) is 9.59 Å². The van der Waals surface area contributed by atoms with E-state index in [2.05, 4.69) is 69.5 Å². The average Bonchev–Trinajstić information content (AvgIpc) is 3.40. The Morgan fingerprint density at radius 2 is 1.65 bits per heavy atom. The number of thiazole rings is 1. The second-order valence-corrected chi connectivity index (χ2v) is 11.3. The number of urea groups is 1. The van der Waals surface area contributed by atoms with Crippen LogP contribution in [-0.4, -0.2) is 54.0 Å². The molecule has 0 bridgehead atoms. The van der Waals surface area contributed by atoms with E-state index >= 15 is 0 Å². The zero-order chi connectivity index (χ0) is 27.6. The number of fused-ring (bicyclic) bond motifs is 1. The lowest BCUT2D eigenvalue weighted by molar-refractivity contribution is -0.122. The van der Waals surface area contributed by atoms with Crippen LogP contribution in [0.2, 0.25) is 0 Å². The molecule has 0 aliphatic carbocycles. The lowest BCUT2D eigenvalue weighted by Gasteiger charge is -2.26. The van der Waals surface area contributed by atoms with Crippen LogP contribution in [0.4, 0.5) is 9.93 Å². The van der Waals surface area contributed by atoms with E-state index in [4.69, 9.17) is 0 Å². The molecule has 1 fully saturated rings. The predicted octanol–water partition coefficient (Wildman–Crippen LogP) is 6.00. The van der Waals surface area contributed by atoms with Crippen LogP contribution in [0.5, 0.6) is 0 Å². The van der Waals surface area contributed by atoms with Crippen LogP contribution in [0.15, 0.2) is 84.9 Å². The molecule has 5 rings (SSSR count). The van der Waals surface area contributed by atoms with Crippen molar-refractivity contribution < 1.29 is 9.59 Å². The number of piperidine rings is 1. The largest absolute Gasteiger partial charge is 0.352 e. The highest BCUT2D eigenvalue weighted by molar-refractivity contribution is 7.22. The van der Waals surface area contributed by atoms with Gasteiger partial charge in [-0.15, -0.1) is 0 Å². The Morgan fingerprint density at radius 3 is 2.33 bits per heavy atom. The number of rotatable bonds is 11. The smallest absolute Gasteiger partial charge is 0.323 e. The molecule has 3 aromatic carbocycles. The molecule has 2 heterocycles. The highest BCUT2D eigenvalue weighted by Crippen LogP contribution is 2.29. The van der Waals surface area contributed by atoms with Crippen LogP contribution >= 0.6 is 11.3 Å².